The van der Waals surface area contributed by atoms with Gasteiger partial charge in [-0.2, -0.15) is 0 Å². The molecule has 5 nitrogen and oxygen atoms in total. The first-order valence-corrected chi connectivity index (χ1v) is 9.86. The van der Waals surface area contributed by atoms with Crippen LogP contribution in [-0.4, -0.2) is 37.5 Å². The first-order chi connectivity index (χ1) is 12.9. The molecule has 4 bridgehead atoms. The van der Waals surface area contributed by atoms with Crippen LogP contribution < -0.4 is 9.47 Å². The van der Waals surface area contributed by atoms with Crippen molar-refractivity contribution in [1.29, 1.82) is 0 Å². The van der Waals surface area contributed by atoms with Gasteiger partial charge in [0.1, 0.15) is 0 Å². The molecule has 4 aliphatic rings. The van der Waals surface area contributed by atoms with Crippen LogP contribution >= 0.6 is 11.6 Å². The van der Waals surface area contributed by atoms with Gasteiger partial charge in [-0.1, -0.05) is 0 Å². The lowest BCUT2D eigenvalue weighted by Crippen LogP contribution is -2.56. The van der Waals surface area contributed by atoms with E-state index in [1.54, 1.807) is 18.2 Å². The molecule has 1 aromatic carbocycles. The lowest BCUT2D eigenvalue weighted by Gasteiger charge is -2.58. The number of ether oxygens (including phenoxy) is 3. The summed E-state index contributed by atoms with van der Waals surface area (Å²) in [5, 5.41) is 0. The molecule has 0 aromatic heterocycles. The van der Waals surface area contributed by atoms with E-state index < -0.39 is 5.41 Å². The van der Waals surface area contributed by atoms with Gasteiger partial charge >= 0.3 is 5.97 Å². The molecule has 4 fully saturated rings. The number of rotatable bonds is 6. The van der Waals surface area contributed by atoms with Gasteiger partial charge in [-0.25, -0.2) is 0 Å². The van der Waals surface area contributed by atoms with E-state index in [2.05, 4.69) is 0 Å². The average molecular weight is 393 g/mol. The van der Waals surface area contributed by atoms with Gasteiger partial charge in [0.2, 0.25) is 0 Å². The van der Waals surface area contributed by atoms with Crippen molar-refractivity contribution in [2.75, 3.05) is 20.8 Å². The molecule has 0 heterocycles. The number of carbonyl (C=O) groups excluding carboxylic acids is 2. The predicted molar refractivity (Wildman–Crippen MR) is 101 cm³/mol. The van der Waals surface area contributed by atoms with Crippen LogP contribution in [0, 0.1) is 17.3 Å². The topological polar surface area (TPSA) is 61.8 Å². The van der Waals surface area contributed by atoms with Crippen molar-refractivity contribution in [3.63, 3.8) is 0 Å². The standard InChI is InChI=1S/C21H25ClO5/c1-25-17-4-3-15(6-18(17)26-2)16(23)11-27-19(24)20-7-13-5-14(8-20)10-21(22,9-13)12-20/h3-4,6,13-14H,5,7-12H2,1-2H3/t13-,14+,20?,21?. The maximum atomic E-state index is 12.9. The maximum Gasteiger partial charge on any atom is 0.312 e. The van der Waals surface area contributed by atoms with Gasteiger partial charge in [-0.15, -0.1) is 11.6 Å². The number of methoxy groups -OCH3 is 2. The molecule has 0 amide bonds. The van der Waals surface area contributed by atoms with Crippen LogP contribution in [0.1, 0.15) is 48.9 Å². The molecule has 0 radical (unpaired) electrons. The van der Waals surface area contributed by atoms with E-state index in [4.69, 9.17) is 25.8 Å². The minimum atomic E-state index is -0.496. The smallest absolute Gasteiger partial charge is 0.312 e. The number of ketones is 1. The highest BCUT2D eigenvalue weighted by Gasteiger charge is 2.60. The molecule has 0 aliphatic heterocycles. The fourth-order valence-corrected chi connectivity index (χ4v) is 6.46. The van der Waals surface area contributed by atoms with Gasteiger partial charge < -0.3 is 14.2 Å². The van der Waals surface area contributed by atoms with Gasteiger partial charge in [0.05, 0.1) is 19.6 Å². The molecule has 4 aliphatic carbocycles. The molecule has 5 rings (SSSR count). The van der Waals surface area contributed by atoms with Gasteiger partial charge in [0.15, 0.2) is 23.9 Å². The predicted octanol–water partition coefficient (Wildman–Crippen LogP) is 4.01. The largest absolute Gasteiger partial charge is 0.493 e. The Bertz CT molecular complexity index is 760. The molecule has 1 aromatic rings. The number of hydrogen-bond donors (Lipinski definition) is 0. The summed E-state index contributed by atoms with van der Waals surface area (Å²) in [5.41, 5.74) is -0.0660. The Morgan fingerprint density at radius 2 is 1.74 bits per heavy atom. The second-order valence-corrected chi connectivity index (χ2v) is 9.26. The molecule has 146 valence electrons. The summed E-state index contributed by atoms with van der Waals surface area (Å²) in [6.45, 7) is -0.263. The lowest BCUT2D eigenvalue weighted by atomic mass is 9.49. The molecule has 27 heavy (non-hydrogen) atoms. The average Bonchev–Trinajstić information content (AvgIpc) is 2.63. The van der Waals surface area contributed by atoms with E-state index in [1.807, 2.05) is 0 Å². The minimum absolute atomic E-state index is 0.254. The van der Waals surface area contributed by atoms with Crippen LogP contribution in [0.4, 0.5) is 0 Å². The summed E-state index contributed by atoms with van der Waals surface area (Å²) in [7, 11) is 3.05. The molecule has 6 heteroatoms. The monoisotopic (exact) mass is 392 g/mol. The van der Waals surface area contributed by atoms with E-state index in [0.29, 0.717) is 35.3 Å². The van der Waals surface area contributed by atoms with Gasteiger partial charge in [0.25, 0.3) is 0 Å². The first kappa shape index (κ1) is 18.6. The zero-order valence-corrected chi connectivity index (χ0v) is 16.5. The maximum absolute atomic E-state index is 12.9. The van der Waals surface area contributed by atoms with Crippen LogP contribution in [0.2, 0.25) is 0 Å². The Kier molecular flexibility index (Phi) is 4.61. The SMILES string of the molecule is COc1ccc(C(=O)COC(=O)C23C[C@@H]4C[C@@H](CC(Cl)(C4)C2)C3)cc1OC. The van der Waals surface area contributed by atoms with E-state index >= 15 is 0 Å². The van der Waals surface area contributed by atoms with Crippen LogP contribution in [0.15, 0.2) is 18.2 Å². The Labute approximate surface area is 164 Å². The number of alkyl halides is 1. The van der Waals surface area contributed by atoms with Crippen molar-refractivity contribution in [3.8, 4) is 11.5 Å². The van der Waals surface area contributed by atoms with Crippen LogP contribution in [-0.2, 0) is 9.53 Å². The third-order valence-corrected chi connectivity index (χ3v) is 6.90. The summed E-state index contributed by atoms with van der Waals surface area (Å²) in [6.07, 6.45) is 5.56. The number of hydrogen-bond acceptors (Lipinski definition) is 5. The summed E-state index contributed by atoms with van der Waals surface area (Å²) >= 11 is 6.78. The van der Waals surface area contributed by atoms with Crippen molar-refractivity contribution in [2.24, 2.45) is 17.3 Å². The normalized spacial score (nSPS) is 33.6. The fourth-order valence-electron chi connectivity index (χ4n) is 5.77. The fraction of sp³-hybridized carbons (Fsp3) is 0.619. The lowest BCUT2D eigenvalue weighted by molar-refractivity contribution is -0.168. The Hall–Kier alpha value is -1.75. The second-order valence-electron chi connectivity index (χ2n) is 8.46. The van der Waals surface area contributed by atoms with Gasteiger partial charge in [0, 0.05) is 10.4 Å². The summed E-state index contributed by atoms with van der Waals surface area (Å²) < 4.78 is 15.9. The molecule has 4 saturated carbocycles. The Morgan fingerprint density at radius 1 is 1.07 bits per heavy atom. The van der Waals surface area contributed by atoms with E-state index in [9.17, 15) is 9.59 Å². The van der Waals surface area contributed by atoms with Crippen LogP contribution in [0.25, 0.3) is 0 Å². The molecule has 0 N–H and O–H groups in total. The van der Waals surface area contributed by atoms with Crippen molar-refractivity contribution in [3.05, 3.63) is 23.8 Å². The number of carbonyl (C=O) groups is 2. The molecule has 0 spiro atoms. The Morgan fingerprint density at radius 3 is 2.33 bits per heavy atom. The van der Waals surface area contributed by atoms with E-state index in [1.165, 1.54) is 20.6 Å². The van der Waals surface area contributed by atoms with Gasteiger partial charge in [-0.3, -0.25) is 9.59 Å². The van der Waals surface area contributed by atoms with Crippen molar-refractivity contribution < 1.29 is 23.8 Å². The third kappa shape index (κ3) is 3.31. The summed E-state index contributed by atoms with van der Waals surface area (Å²) in [4.78, 5) is 25.2. The second kappa shape index (κ2) is 6.69. The first-order valence-electron chi connectivity index (χ1n) is 9.48. The number of benzene rings is 1. The van der Waals surface area contributed by atoms with Crippen LogP contribution in [0.5, 0.6) is 11.5 Å². The molecular formula is C21H25ClO5. The highest BCUT2D eigenvalue weighted by Crippen LogP contribution is 2.64. The molecule has 0 saturated heterocycles. The highest BCUT2D eigenvalue weighted by atomic mass is 35.5. The Balaban J connectivity index is 1.43. The minimum Gasteiger partial charge on any atom is -0.493 e. The quantitative estimate of drug-likeness (QED) is 0.416. The van der Waals surface area contributed by atoms with E-state index in [-0.39, 0.29) is 23.2 Å². The highest BCUT2D eigenvalue weighted by molar-refractivity contribution is 6.24. The van der Waals surface area contributed by atoms with Crippen molar-refractivity contribution >= 4 is 23.4 Å². The number of Topliss-reactive ketones (excluding diaryl/α,β-unsaturated/α-hetero) is 1. The van der Waals surface area contributed by atoms with Gasteiger partial charge in [-0.05, 0) is 68.6 Å². The third-order valence-electron chi connectivity index (χ3n) is 6.46. The summed E-state index contributed by atoms with van der Waals surface area (Å²) in [6, 6.07) is 4.92. The van der Waals surface area contributed by atoms with Crippen LogP contribution in [0.3, 0.4) is 0 Å². The number of esters is 1. The van der Waals surface area contributed by atoms with Crippen molar-refractivity contribution in [1.82, 2.24) is 0 Å². The zero-order valence-electron chi connectivity index (χ0n) is 15.8. The summed E-state index contributed by atoms with van der Waals surface area (Å²) in [5.74, 6) is 1.53. The molecular weight excluding hydrogens is 368 g/mol. The molecule has 2 unspecified atom stereocenters. The molecule has 4 atom stereocenters. The van der Waals surface area contributed by atoms with E-state index in [0.717, 1.165) is 25.7 Å². The zero-order chi connectivity index (χ0) is 19.2. The number of halogens is 1. The van der Waals surface area contributed by atoms with Crippen molar-refractivity contribution in [2.45, 2.75) is 43.4 Å².